The first-order valence-electron chi connectivity index (χ1n) is 6.73. The molecule has 6 heteroatoms. The van der Waals surface area contributed by atoms with Crippen LogP contribution in [-0.4, -0.2) is 37.0 Å². The van der Waals surface area contributed by atoms with E-state index in [-0.39, 0.29) is 10.6 Å². The van der Waals surface area contributed by atoms with Gasteiger partial charge in [-0.05, 0) is 38.1 Å². The van der Waals surface area contributed by atoms with Crippen LogP contribution in [0.1, 0.15) is 29.6 Å². The summed E-state index contributed by atoms with van der Waals surface area (Å²) in [7, 11) is 0. The Labute approximate surface area is 121 Å². The van der Waals surface area contributed by atoms with Crippen LogP contribution in [0.25, 0.3) is 0 Å². The minimum atomic E-state index is -1.07. The van der Waals surface area contributed by atoms with Gasteiger partial charge in [-0.1, -0.05) is 18.0 Å². The van der Waals surface area contributed by atoms with E-state index in [4.69, 9.17) is 11.6 Å². The molecule has 1 aliphatic rings. The minimum absolute atomic E-state index is 0.0378. The normalized spacial score (nSPS) is 16.1. The summed E-state index contributed by atoms with van der Waals surface area (Å²) < 4.78 is 26.0. The second-order valence-corrected chi connectivity index (χ2v) is 5.31. The van der Waals surface area contributed by atoms with Crippen LogP contribution in [0.4, 0.5) is 8.78 Å². The Morgan fingerprint density at radius 1 is 1.20 bits per heavy atom. The second-order valence-electron chi connectivity index (χ2n) is 4.90. The highest BCUT2D eigenvalue weighted by Gasteiger charge is 2.15. The molecule has 1 amide bonds. The molecule has 20 heavy (non-hydrogen) atoms. The molecular formula is C14H17ClF2N2O. The van der Waals surface area contributed by atoms with Gasteiger partial charge in [0.15, 0.2) is 11.6 Å². The zero-order valence-corrected chi connectivity index (χ0v) is 11.8. The molecule has 0 aliphatic carbocycles. The molecule has 1 aromatic rings. The molecule has 0 bridgehead atoms. The van der Waals surface area contributed by atoms with Crippen molar-refractivity contribution in [1.82, 2.24) is 10.2 Å². The van der Waals surface area contributed by atoms with Crippen LogP contribution < -0.4 is 5.32 Å². The fourth-order valence-electron chi connectivity index (χ4n) is 2.30. The monoisotopic (exact) mass is 302 g/mol. The second kappa shape index (κ2) is 6.99. The summed E-state index contributed by atoms with van der Waals surface area (Å²) >= 11 is 5.75. The molecule has 0 aromatic heterocycles. The van der Waals surface area contributed by atoms with E-state index in [2.05, 4.69) is 10.2 Å². The summed E-state index contributed by atoms with van der Waals surface area (Å²) in [6.45, 7) is 3.31. The molecule has 1 saturated heterocycles. The molecule has 0 spiro atoms. The number of nitrogens with one attached hydrogen (secondary N) is 1. The topological polar surface area (TPSA) is 32.3 Å². The van der Waals surface area contributed by atoms with E-state index < -0.39 is 17.5 Å². The Morgan fingerprint density at radius 2 is 1.85 bits per heavy atom. The fourth-order valence-corrected chi connectivity index (χ4v) is 2.54. The van der Waals surface area contributed by atoms with Crippen molar-refractivity contribution in [2.75, 3.05) is 26.2 Å². The maximum Gasteiger partial charge on any atom is 0.252 e. The van der Waals surface area contributed by atoms with Crippen LogP contribution in [0.3, 0.4) is 0 Å². The molecule has 0 unspecified atom stereocenters. The molecule has 3 nitrogen and oxygen atoms in total. The van der Waals surface area contributed by atoms with E-state index in [1.165, 1.54) is 19.3 Å². The maximum absolute atomic E-state index is 13.1. The Hall–Kier alpha value is -1.20. The third-order valence-corrected chi connectivity index (χ3v) is 3.73. The van der Waals surface area contributed by atoms with Crippen LogP contribution >= 0.6 is 11.6 Å². The van der Waals surface area contributed by atoms with Crippen LogP contribution in [0.2, 0.25) is 5.02 Å². The van der Waals surface area contributed by atoms with Crippen molar-refractivity contribution in [3.8, 4) is 0 Å². The van der Waals surface area contributed by atoms with Crippen molar-refractivity contribution >= 4 is 17.5 Å². The number of rotatable bonds is 4. The van der Waals surface area contributed by atoms with Gasteiger partial charge in [-0.2, -0.15) is 0 Å². The van der Waals surface area contributed by atoms with Gasteiger partial charge >= 0.3 is 0 Å². The third-order valence-electron chi connectivity index (χ3n) is 3.42. The smallest absolute Gasteiger partial charge is 0.252 e. The quantitative estimate of drug-likeness (QED) is 0.868. The van der Waals surface area contributed by atoms with Crippen molar-refractivity contribution in [3.63, 3.8) is 0 Å². The number of amides is 1. The van der Waals surface area contributed by atoms with E-state index >= 15 is 0 Å². The zero-order chi connectivity index (χ0) is 14.5. The third kappa shape index (κ3) is 3.90. The summed E-state index contributed by atoms with van der Waals surface area (Å²) in [4.78, 5) is 14.1. The summed E-state index contributed by atoms with van der Waals surface area (Å²) in [6.07, 6.45) is 3.62. The van der Waals surface area contributed by atoms with Crippen molar-refractivity contribution in [2.45, 2.75) is 19.3 Å². The van der Waals surface area contributed by atoms with Gasteiger partial charge in [0.2, 0.25) is 0 Å². The lowest BCUT2D eigenvalue weighted by Gasteiger charge is -2.26. The standard InChI is InChI=1S/C14H17ClF2N2O/c15-11-9-13(17)12(16)8-10(11)14(20)18-4-7-19-5-2-1-3-6-19/h8-9H,1-7H2,(H,18,20). The average molecular weight is 303 g/mol. The molecule has 1 aliphatic heterocycles. The Kier molecular flexibility index (Phi) is 5.31. The summed E-state index contributed by atoms with van der Waals surface area (Å²) in [5.74, 6) is -2.61. The van der Waals surface area contributed by atoms with Crippen LogP contribution in [0.5, 0.6) is 0 Å². The van der Waals surface area contributed by atoms with Crippen LogP contribution in [-0.2, 0) is 0 Å². The van der Waals surface area contributed by atoms with E-state index in [1.807, 2.05) is 0 Å². The first-order valence-corrected chi connectivity index (χ1v) is 7.11. The number of halogens is 3. The van der Waals surface area contributed by atoms with Gasteiger partial charge in [0.1, 0.15) is 0 Å². The molecule has 2 rings (SSSR count). The number of nitrogens with zero attached hydrogens (tertiary/aromatic N) is 1. The van der Waals surface area contributed by atoms with Crippen LogP contribution in [0.15, 0.2) is 12.1 Å². The fraction of sp³-hybridized carbons (Fsp3) is 0.500. The molecular weight excluding hydrogens is 286 g/mol. The highest BCUT2D eigenvalue weighted by Crippen LogP contribution is 2.19. The Morgan fingerprint density at radius 3 is 2.55 bits per heavy atom. The van der Waals surface area contributed by atoms with Gasteiger partial charge in [0, 0.05) is 13.1 Å². The molecule has 0 saturated carbocycles. The van der Waals surface area contributed by atoms with Gasteiger partial charge in [0.05, 0.1) is 10.6 Å². The van der Waals surface area contributed by atoms with E-state index in [0.29, 0.717) is 6.54 Å². The number of hydrogen-bond acceptors (Lipinski definition) is 2. The van der Waals surface area contributed by atoms with Crippen molar-refractivity contribution in [3.05, 3.63) is 34.4 Å². The summed E-state index contributed by atoms with van der Waals surface area (Å²) in [5, 5.41) is 2.60. The van der Waals surface area contributed by atoms with E-state index in [0.717, 1.165) is 31.8 Å². The number of carbonyl (C=O) groups excluding carboxylic acids is 1. The van der Waals surface area contributed by atoms with Crippen LogP contribution in [0, 0.1) is 11.6 Å². The largest absolute Gasteiger partial charge is 0.351 e. The molecule has 1 heterocycles. The highest BCUT2D eigenvalue weighted by atomic mass is 35.5. The lowest BCUT2D eigenvalue weighted by Crippen LogP contribution is -2.37. The summed E-state index contributed by atoms with van der Waals surface area (Å²) in [5.41, 5.74) is -0.0378. The molecule has 110 valence electrons. The van der Waals surface area contributed by atoms with Crippen molar-refractivity contribution < 1.29 is 13.6 Å². The Bertz CT molecular complexity index is 490. The minimum Gasteiger partial charge on any atom is -0.351 e. The number of piperidine rings is 1. The van der Waals surface area contributed by atoms with Gasteiger partial charge in [0.25, 0.3) is 5.91 Å². The SMILES string of the molecule is O=C(NCCN1CCCCC1)c1cc(F)c(F)cc1Cl. The first-order chi connectivity index (χ1) is 9.58. The molecule has 1 N–H and O–H groups in total. The molecule has 1 aromatic carbocycles. The van der Waals surface area contributed by atoms with Crippen molar-refractivity contribution in [1.29, 1.82) is 0 Å². The van der Waals surface area contributed by atoms with E-state index in [1.54, 1.807) is 0 Å². The lowest BCUT2D eigenvalue weighted by atomic mass is 10.1. The van der Waals surface area contributed by atoms with Crippen molar-refractivity contribution in [2.24, 2.45) is 0 Å². The van der Waals surface area contributed by atoms with Gasteiger partial charge in [-0.15, -0.1) is 0 Å². The summed E-state index contributed by atoms with van der Waals surface area (Å²) in [6, 6.07) is 1.64. The number of likely N-dealkylation sites (tertiary alicyclic amines) is 1. The average Bonchev–Trinajstić information content (AvgIpc) is 2.44. The molecule has 0 atom stereocenters. The number of benzene rings is 1. The predicted octanol–water partition coefficient (Wildman–Crippen LogP) is 2.83. The number of hydrogen-bond donors (Lipinski definition) is 1. The highest BCUT2D eigenvalue weighted by molar-refractivity contribution is 6.33. The first kappa shape index (κ1) is 15.2. The zero-order valence-electron chi connectivity index (χ0n) is 11.1. The number of carbonyl (C=O) groups is 1. The molecule has 0 radical (unpaired) electrons. The van der Waals surface area contributed by atoms with Gasteiger partial charge in [-0.3, -0.25) is 4.79 Å². The Balaban J connectivity index is 1.87. The molecule has 1 fully saturated rings. The van der Waals surface area contributed by atoms with Gasteiger partial charge in [-0.25, -0.2) is 8.78 Å². The lowest BCUT2D eigenvalue weighted by molar-refractivity contribution is 0.0946. The maximum atomic E-state index is 13.1. The van der Waals surface area contributed by atoms with E-state index in [9.17, 15) is 13.6 Å². The van der Waals surface area contributed by atoms with Gasteiger partial charge < -0.3 is 10.2 Å². The predicted molar refractivity (Wildman–Crippen MR) is 74.0 cm³/mol.